The molecule has 12 nitrogen and oxygen atoms in total. The van der Waals surface area contributed by atoms with Gasteiger partial charge in [-0.15, -0.1) is 0 Å². The normalized spacial score (nSPS) is 15.2. The molecule has 0 aromatic carbocycles. The summed E-state index contributed by atoms with van der Waals surface area (Å²) in [6, 6.07) is 0. The molecule has 0 heterocycles. The monoisotopic (exact) mass is 675 g/mol. The summed E-state index contributed by atoms with van der Waals surface area (Å²) in [5, 5.41) is 0. The maximum absolute atomic E-state index is 11.4. The molecule has 0 aliphatic heterocycles. The molecular formula is C18H29Na2O12S6+. The predicted octanol–water partition coefficient (Wildman–Crippen LogP) is -4.42. The van der Waals surface area contributed by atoms with Crippen LogP contribution in [0.15, 0.2) is 0 Å². The van der Waals surface area contributed by atoms with Crippen molar-refractivity contribution in [3.63, 3.8) is 0 Å². The molecule has 210 valence electrons. The fourth-order valence-electron chi connectivity index (χ4n) is 2.41. The van der Waals surface area contributed by atoms with Crippen molar-refractivity contribution < 1.29 is 115 Å². The summed E-state index contributed by atoms with van der Waals surface area (Å²) in [5.41, 5.74) is 0. The fraction of sp³-hybridized carbons (Fsp3) is 0.778. The van der Waals surface area contributed by atoms with Crippen LogP contribution in [0.1, 0.15) is 27.7 Å². The van der Waals surface area contributed by atoms with Gasteiger partial charge in [-0.1, -0.05) is 54.3 Å². The summed E-state index contributed by atoms with van der Waals surface area (Å²) in [6.07, 6.45) is -4.04. The van der Waals surface area contributed by atoms with E-state index in [0.29, 0.717) is 11.5 Å². The second-order valence-corrected chi connectivity index (χ2v) is 13.9. The average Bonchev–Trinajstić information content (AvgIpc) is 2.71. The number of hydrogen-bond donors (Lipinski definition) is 1. The summed E-state index contributed by atoms with van der Waals surface area (Å²) in [5.74, 6) is -1.84. The zero-order valence-corrected chi connectivity index (χ0v) is 30.8. The Morgan fingerprint density at radius 2 is 0.974 bits per heavy atom. The van der Waals surface area contributed by atoms with Crippen molar-refractivity contribution in [1.29, 1.82) is 0 Å². The van der Waals surface area contributed by atoms with Crippen LogP contribution in [0.4, 0.5) is 0 Å². The smallest absolute Gasteiger partial charge is 0.772 e. The number of hydrogen-bond acceptors (Lipinski definition) is 15. The first-order valence-corrected chi connectivity index (χ1v) is 17.6. The minimum absolute atomic E-state index is 0. The van der Waals surface area contributed by atoms with Crippen molar-refractivity contribution in [3.05, 3.63) is 0 Å². The Balaban J connectivity index is -0.00000612. The molecule has 0 saturated heterocycles. The van der Waals surface area contributed by atoms with E-state index in [4.69, 9.17) is 23.5 Å². The first-order valence-electron chi connectivity index (χ1n) is 10.1. The van der Waals surface area contributed by atoms with Crippen molar-refractivity contribution in [2.24, 2.45) is 0 Å². The van der Waals surface area contributed by atoms with Gasteiger partial charge in [0.1, 0.15) is 18.3 Å². The van der Waals surface area contributed by atoms with E-state index in [9.17, 15) is 32.1 Å². The molecule has 0 saturated carbocycles. The Morgan fingerprint density at radius 1 is 0.658 bits per heavy atom. The third kappa shape index (κ3) is 25.2. The Hall–Kier alpha value is 1.50. The third-order valence-corrected chi connectivity index (χ3v) is 9.88. The second-order valence-electron chi connectivity index (χ2n) is 6.76. The van der Waals surface area contributed by atoms with Gasteiger partial charge in [-0.2, -0.15) is 0 Å². The van der Waals surface area contributed by atoms with E-state index in [1.807, 2.05) is 0 Å². The Kier molecular flexibility index (Phi) is 30.2. The summed E-state index contributed by atoms with van der Waals surface area (Å²) in [6.45, 7) is 4.63. The minimum atomic E-state index is -2.51. The van der Waals surface area contributed by atoms with Gasteiger partial charge < -0.3 is 28.1 Å². The van der Waals surface area contributed by atoms with Crippen LogP contribution in [0.25, 0.3) is 0 Å². The van der Waals surface area contributed by atoms with E-state index in [2.05, 4.69) is 0 Å². The minimum Gasteiger partial charge on any atom is -0.772 e. The first-order chi connectivity index (χ1) is 16.8. The van der Waals surface area contributed by atoms with E-state index < -0.39 is 82.0 Å². The molecule has 0 aliphatic carbocycles. The number of carbonyl (C=O) groups is 4. The van der Waals surface area contributed by atoms with Crippen LogP contribution in [-0.2, 0) is 60.3 Å². The molecule has 0 radical (unpaired) electrons. The number of rotatable bonds is 19. The summed E-state index contributed by atoms with van der Waals surface area (Å²) in [7, 11) is 5.50. The molecule has 2 unspecified atom stereocenters. The first kappa shape index (κ1) is 43.9. The van der Waals surface area contributed by atoms with Crippen LogP contribution in [0, 0.1) is 0 Å². The van der Waals surface area contributed by atoms with Gasteiger partial charge in [0.05, 0.1) is 11.5 Å². The second kappa shape index (κ2) is 26.2. The molecule has 6 atom stereocenters. The summed E-state index contributed by atoms with van der Waals surface area (Å²) < 4.78 is 62.9. The van der Waals surface area contributed by atoms with Crippen LogP contribution in [0.2, 0.25) is 0 Å². The van der Waals surface area contributed by atoms with Gasteiger partial charge in [0, 0.05) is 50.7 Å². The van der Waals surface area contributed by atoms with Crippen LogP contribution >= 0.6 is 43.2 Å². The number of carbonyl (C=O) groups excluding carboxylic acids is 4. The number of ether oxygens (including phenoxy) is 4. The molecule has 0 fully saturated rings. The maximum atomic E-state index is 11.4. The molecule has 0 rings (SSSR count). The van der Waals surface area contributed by atoms with Crippen LogP contribution in [0.3, 0.4) is 0 Å². The molecule has 38 heavy (non-hydrogen) atoms. The standard InChI is InChI=1S/C18H30O12S6.2Na/c1-11(19)27-15(17(9-35(23)24)29-13(3)21)7-33-31-5-6-32-34-8-16(28-12(2)20)18(10-36(25)26)30-14(4)22;;/h15-18H,5-10H2,1-4H3,(H,23,24)(H,25,26);;/q;2*+1/p-1/t15-,16-,17-,18-;;/m0../s1. The summed E-state index contributed by atoms with van der Waals surface area (Å²) >= 11 is -4.77. The molecule has 0 aliphatic rings. The molecule has 0 aromatic rings. The molecule has 1 N–H and O–H groups in total. The predicted molar refractivity (Wildman–Crippen MR) is 141 cm³/mol. The summed E-state index contributed by atoms with van der Waals surface area (Å²) in [4.78, 5) is 45.4. The van der Waals surface area contributed by atoms with E-state index in [1.165, 1.54) is 57.0 Å². The average molecular weight is 676 g/mol. The van der Waals surface area contributed by atoms with Gasteiger partial charge in [-0.05, 0) is 0 Å². The Morgan fingerprint density at radius 3 is 1.26 bits per heavy atom. The van der Waals surface area contributed by atoms with Crippen molar-refractivity contribution in [2.45, 2.75) is 52.1 Å². The van der Waals surface area contributed by atoms with Crippen LogP contribution in [0.5, 0.6) is 0 Å². The largest absolute Gasteiger partial charge is 1.00 e. The Labute approximate surface area is 287 Å². The third-order valence-electron chi connectivity index (χ3n) is 3.59. The maximum Gasteiger partial charge on any atom is 1.00 e. The van der Waals surface area contributed by atoms with Crippen molar-refractivity contribution in [2.75, 3.05) is 34.5 Å². The van der Waals surface area contributed by atoms with E-state index >= 15 is 0 Å². The quantitative estimate of drug-likeness (QED) is 0.0346. The van der Waals surface area contributed by atoms with Crippen molar-refractivity contribution in [1.82, 2.24) is 0 Å². The SMILES string of the molecule is CC(=O)O[C@@H](CSSCCSSC[C@H](OC(C)=O)[C@H](CS(=O)O)OC(C)=O)[C@H](CS(=O)[O-])OC(C)=O.[Na+].[Na+]. The van der Waals surface area contributed by atoms with Crippen molar-refractivity contribution in [3.8, 4) is 0 Å². The van der Waals surface area contributed by atoms with Gasteiger partial charge in [0.2, 0.25) is 0 Å². The van der Waals surface area contributed by atoms with E-state index in [-0.39, 0.29) is 70.6 Å². The molecule has 0 amide bonds. The van der Waals surface area contributed by atoms with Gasteiger partial charge in [0.25, 0.3) is 0 Å². The number of esters is 4. The van der Waals surface area contributed by atoms with Gasteiger partial charge in [-0.3, -0.25) is 23.4 Å². The van der Waals surface area contributed by atoms with Gasteiger partial charge >= 0.3 is 83.0 Å². The fourth-order valence-corrected chi connectivity index (χ4v) is 8.65. The molecule has 0 aromatic heterocycles. The van der Waals surface area contributed by atoms with Crippen molar-refractivity contribution >= 4 is 89.2 Å². The topological polar surface area (TPSA) is 183 Å². The van der Waals surface area contributed by atoms with Crippen LogP contribution < -0.4 is 59.1 Å². The zero-order valence-electron chi connectivity index (χ0n) is 21.9. The van der Waals surface area contributed by atoms with E-state index in [0.717, 1.165) is 13.8 Å². The van der Waals surface area contributed by atoms with Gasteiger partial charge in [0.15, 0.2) is 17.2 Å². The molecular weight excluding hydrogens is 647 g/mol. The van der Waals surface area contributed by atoms with Gasteiger partial charge in [-0.25, -0.2) is 4.21 Å². The molecule has 20 heteroatoms. The van der Waals surface area contributed by atoms with E-state index in [1.54, 1.807) is 0 Å². The van der Waals surface area contributed by atoms with Crippen LogP contribution in [-0.4, -0.2) is 100 Å². The molecule has 0 bridgehead atoms. The zero-order chi connectivity index (χ0) is 27.7. The molecule has 0 spiro atoms. The Bertz CT molecular complexity index is 684.